The van der Waals surface area contributed by atoms with Crippen molar-refractivity contribution in [2.24, 2.45) is 0 Å². The van der Waals surface area contributed by atoms with Crippen LogP contribution in [0.4, 0.5) is 0 Å². The van der Waals surface area contributed by atoms with Gasteiger partial charge in [-0.25, -0.2) is 0 Å². The van der Waals surface area contributed by atoms with Crippen molar-refractivity contribution in [3.8, 4) is 0 Å². The van der Waals surface area contributed by atoms with Crippen LogP contribution in [0.25, 0.3) is 0 Å². The topological polar surface area (TPSA) is 68.2 Å². The van der Waals surface area contributed by atoms with Crippen LogP contribution in [0.2, 0.25) is 0 Å². The van der Waals surface area contributed by atoms with Crippen molar-refractivity contribution in [3.05, 3.63) is 0 Å². The first-order valence-electron chi connectivity index (χ1n) is 10.9. The van der Waals surface area contributed by atoms with Gasteiger partial charge in [0.1, 0.15) is 18.3 Å². The molecule has 1 heterocycles. The maximum Gasteiger partial charge on any atom is 0.184 e. The normalized spacial score (nSPS) is 25.8. The Morgan fingerprint density at radius 2 is 1.15 bits per heavy atom. The van der Waals surface area contributed by atoms with E-state index in [0.717, 1.165) is 25.7 Å². The molecule has 156 valence electrons. The Morgan fingerprint density at radius 3 is 1.65 bits per heavy atom. The van der Waals surface area contributed by atoms with E-state index in [-0.39, 0.29) is 12.7 Å². The van der Waals surface area contributed by atoms with Crippen LogP contribution in [-0.2, 0) is 14.2 Å². The van der Waals surface area contributed by atoms with Crippen LogP contribution in [0.3, 0.4) is 0 Å². The zero-order valence-electron chi connectivity index (χ0n) is 17.0. The van der Waals surface area contributed by atoms with E-state index in [0.29, 0.717) is 13.2 Å². The zero-order chi connectivity index (χ0) is 19.0. The summed E-state index contributed by atoms with van der Waals surface area (Å²) in [4.78, 5) is 0. The van der Waals surface area contributed by atoms with Gasteiger partial charge in [-0.3, -0.25) is 0 Å². The summed E-state index contributed by atoms with van der Waals surface area (Å²) in [7, 11) is 0. The molecular weight excluding hydrogens is 332 g/mol. The highest BCUT2D eigenvalue weighted by molar-refractivity contribution is 4.88. The summed E-state index contributed by atoms with van der Waals surface area (Å²) in [6.45, 7) is 5.50. The fraction of sp³-hybridized carbons (Fsp3) is 1.00. The van der Waals surface area contributed by atoms with E-state index in [2.05, 4.69) is 13.8 Å². The molecule has 0 aromatic heterocycles. The van der Waals surface area contributed by atoms with E-state index < -0.39 is 18.5 Å². The third kappa shape index (κ3) is 9.65. The van der Waals surface area contributed by atoms with Crippen LogP contribution in [-0.4, -0.2) is 54.6 Å². The Bertz CT molecular complexity index is 313. The molecule has 0 radical (unpaired) electrons. The summed E-state index contributed by atoms with van der Waals surface area (Å²) in [6.07, 6.45) is 12.0. The first-order valence-corrected chi connectivity index (χ1v) is 10.9. The van der Waals surface area contributed by atoms with Crippen LogP contribution >= 0.6 is 0 Å². The Balaban J connectivity index is 2.23. The fourth-order valence-corrected chi connectivity index (χ4v) is 3.44. The lowest BCUT2D eigenvalue weighted by Gasteiger charge is -2.23. The zero-order valence-corrected chi connectivity index (χ0v) is 17.0. The van der Waals surface area contributed by atoms with Gasteiger partial charge in [0.15, 0.2) is 6.29 Å². The minimum Gasteiger partial charge on any atom is -0.394 e. The van der Waals surface area contributed by atoms with Gasteiger partial charge in [0.25, 0.3) is 0 Å². The van der Waals surface area contributed by atoms with Crippen LogP contribution < -0.4 is 0 Å². The quantitative estimate of drug-likeness (QED) is 0.374. The monoisotopic (exact) mass is 374 g/mol. The molecule has 2 N–H and O–H groups in total. The number of aliphatic hydroxyl groups is 2. The largest absolute Gasteiger partial charge is 0.394 e. The van der Waals surface area contributed by atoms with Gasteiger partial charge in [-0.1, -0.05) is 78.1 Å². The van der Waals surface area contributed by atoms with Crippen molar-refractivity contribution in [3.63, 3.8) is 0 Å². The molecule has 1 rings (SSSR count). The Kier molecular flexibility index (Phi) is 14.5. The van der Waals surface area contributed by atoms with E-state index in [9.17, 15) is 10.2 Å². The molecule has 4 atom stereocenters. The number of hydrogen-bond donors (Lipinski definition) is 2. The summed E-state index contributed by atoms with van der Waals surface area (Å²) < 4.78 is 17.2. The van der Waals surface area contributed by atoms with E-state index >= 15 is 0 Å². The molecule has 1 fully saturated rings. The van der Waals surface area contributed by atoms with E-state index in [1.807, 2.05) is 0 Å². The van der Waals surface area contributed by atoms with Gasteiger partial charge in [0.05, 0.1) is 6.61 Å². The van der Waals surface area contributed by atoms with Gasteiger partial charge in [-0.15, -0.1) is 0 Å². The maximum atomic E-state index is 10.1. The molecule has 4 unspecified atom stereocenters. The predicted molar refractivity (Wildman–Crippen MR) is 104 cm³/mol. The van der Waals surface area contributed by atoms with Crippen molar-refractivity contribution < 1.29 is 24.4 Å². The molecule has 0 spiro atoms. The van der Waals surface area contributed by atoms with Gasteiger partial charge in [-0.2, -0.15) is 0 Å². The van der Waals surface area contributed by atoms with Crippen LogP contribution in [0.5, 0.6) is 0 Å². The van der Waals surface area contributed by atoms with Crippen molar-refractivity contribution >= 4 is 0 Å². The number of rotatable bonds is 17. The molecule has 0 aliphatic carbocycles. The molecule has 0 aromatic rings. The maximum absolute atomic E-state index is 10.1. The molecule has 0 bridgehead atoms. The SMILES string of the molecule is CCCCCCCCOC1C(O)OC(CO)C1OCCCCCCCC. The van der Waals surface area contributed by atoms with Crippen LogP contribution in [0, 0.1) is 0 Å². The van der Waals surface area contributed by atoms with Crippen LogP contribution in [0.15, 0.2) is 0 Å². The summed E-state index contributed by atoms with van der Waals surface area (Å²) in [5, 5.41) is 19.6. The molecule has 1 saturated heterocycles. The van der Waals surface area contributed by atoms with Gasteiger partial charge in [-0.05, 0) is 12.8 Å². The second-order valence-corrected chi connectivity index (χ2v) is 7.45. The highest BCUT2D eigenvalue weighted by atomic mass is 16.7. The average Bonchev–Trinajstić information content (AvgIpc) is 2.95. The predicted octanol–water partition coefficient (Wildman–Crippen LogP) is 4.19. The average molecular weight is 375 g/mol. The lowest BCUT2D eigenvalue weighted by Crippen LogP contribution is -2.39. The summed E-state index contributed by atoms with van der Waals surface area (Å²) in [5.41, 5.74) is 0. The fourth-order valence-electron chi connectivity index (χ4n) is 3.44. The van der Waals surface area contributed by atoms with E-state index in [1.165, 1.54) is 51.4 Å². The molecular formula is C21H42O5. The Hall–Kier alpha value is -0.200. The molecule has 1 aliphatic rings. The van der Waals surface area contributed by atoms with Crippen molar-refractivity contribution in [2.75, 3.05) is 19.8 Å². The van der Waals surface area contributed by atoms with E-state index in [4.69, 9.17) is 14.2 Å². The first-order chi connectivity index (χ1) is 12.7. The van der Waals surface area contributed by atoms with Gasteiger partial charge in [0, 0.05) is 13.2 Å². The van der Waals surface area contributed by atoms with Gasteiger partial charge in [0.2, 0.25) is 0 Å². The molecule has 5 nitrogen and oxygen atoms in total. The summed E-state index contributed by atoms with van der Waals surface area (Å²) in [5.74, 6) is 0. The molecule has 0 saturated carbocycles. The Morgan fingerprint density at radius 1 is 0.692 bits per heavy atom. The lowest BCUT2D eigenvalue weighted by atomic mass is 10.1. The highest BCUT2D eigenvalue weighted by Gasteiger charge is 2.45. The molecule has 1 aliphatic heterocycles. The van der Waals surface area contributed by atoms with Gasteiger partial charge < -0.3 is 24.4 Å². The van der Waals surface area contributed by atoms with Crippen molar-refractivity contribution in [2.45, 2.75) is 115 Å². The molecule has 0 aromatic carbocycles. The molecule has 26 heavy (non-hydrogen) atoms. The second-order valence-electron chi connectivity index (χ2n) is 7.45. The number of ether oxygens (including phenoxy) is 3. The van der Waals surface area contributed by atoms with Crippen LogP contribution in [0.1, 0.15) is 90.9 Å². The van der Waals surface area contributed by atoms with E-state index in [1.54, 1.807) is 0 Å². The summed E-state index contributed by atoms with van der Waals surface area (Å²) >= 11 is 0. The first kappa shape index (κ1) is 23.8. The second kappa shape index (κ2) is 15.8. The van der Waals surface area contributed by atoms with Crippen molar-refractivity contribution in [1.82, 2.24) is 0 Å². The Labute approximate surface area is 160 Å². The summed E-state index contributed by atoms with van der Waals surface area (Å²) in [6, 6.07) is 0. The minimum absolute atomic E-state index is 0.158. The highest BCUT2D eigenvalue weighted by Crippen LogP contribution is 2.26. The number of unbranched alkanes of at least 4 members (excludes halogenated alkanes) is 10. The standard InChI is InChI=1S/C21H42O5/c1-3-5-7-9-11-13-15-24-19-18(17-22)26-21(23)20(19)25-16-14-12-10-8-6-4-2/h18-23H,3-17H2,1-2H3. The minimum atomic E-state index is -1.01. The van der Waals surface area contributed by atoms with Crippen molar-refractivity contribution in [1.29, 1.82) is 0 Å². The number of aliphatic hydroxyl groups excluding tert-OH is 2. The molecule has 5 heteroatoms. The number of hydrogen-bond acceptors (Lipinski definition) is 5. The third-order valence-electron chi connectivity index (χ3n) is 5.08. The third-order valence-corrected chi connectivity index (χ3v) is 5.08. The molecule has 0 amide bonds. The van der Waals surface area contributed by atoms with Gasteiger partial charge >= 0.3 is 0 Å². The smallest absolute Gasteiger partial charge is 0.184 e. The lowest BCUT2D eigenvalue weighted by molar-refractivity contribution is -0.148.